The van der Waals surface area contributed by atoms with Gasteiger partial charge in [0.25, 0.3) is 0 Å². The van der Waals surface area contributed by atoms with Crippen LogP contribution in [0.1, 0.15) is 45.4 Å². The van der Waals surface area contributed by atoms with E-state index in [0.717, 1.165) is 0 Å². The van der Waals surface area contributed by atoms with Crippen LogP contribution in [0.3, 0.4) is 0 Å². The van der Waals surface area contributed by atoms with Crippen molar-refractivity contribution in [2.75, 3.05) is 0 Å². The van der Waals surface area contributed by atoms with Gasteiger partial charge in [0.1, 0.15) is 5.75 Å². The molecule has 3 aromatic rings. The molecule has 0 N–H and O–H groups in total. The first-order valence-corrected chi connectivity index (χ1v) is 12.4. The molecule has 0 saturated carbocycles. The molecule has 0 atom stereocenters. The largest absolute Gasteiger partial charge is 0.741 e. The maximum atomic E-state index is 10.7. The first-order valence-electron chi connectivity index (χ1n) is 9.58. The van der Waals surface area contributed by atoms with Crippen molar-refractivity contribution in [3.63, 3.8) is 0 Å². The molecule has 0 amide bonds. The summed E-state index contributed by atoms with van der Waals surface area (Å²) in [6.45, 7) is 2.29. The predicted molar refractivity (Wildman–Crippen MR) is 113 cm³/mol. The van der Waals surface area contributed by atoms with E-state index in [1.807, 2.05) is 0 Å². The number of hydrogen-bond donors (Lipinski definition) is 0. The molecule has 0 fully saturated rings. The number of fused-ring (bicyclic) bond motifs is 3. The lowest BCUT2D eigenvalue weighted by Gasteiger charge is -2.08. The van der Waals surface area contributed by atoms with Crippen molar-refractivity contribution < 1.29 is 26.1 Å². The van der Waals surface area contributed by atoms with E-state index in [4.69, 9.17) is 13.0 Å². The quantitative estimate of drug-likeness (QED) is 0.167. The van der Waals surface area contributed by atoms with E-state index in [1.54, 1.807) is 9.40 Å². The summed E-state index contributed by atoms with van der Waals surface area (Å²) in [6.07, 6.45) is 8.33. The van der Waals surface area contributed by atoms with Gasteiger partial charge in [-0.15, -0.1) is 0 Å². The molecule has 0 aliphatic carbocycles. The summed E-state index contributed by atoms with van der Waals surface area (Å²) < 4.78 is 62.1. The van der Waals surface area contributed by atoms with Crippen LogP contribution < -0.4 is 0 Å². The van der Waals surface area contributed by atoms with E-state index in [2.05, 4.69) is 55.5 Å². The Morgan fingerprint density at radius 3 is 1.69 bits per heavy atom. The lowest BCUT2D eigenvalue weighted by molar-refractivity contribution is -0.0517. The van der Waals surface area contributed by atoms with Crippen LogP contribution in [0.5, 0.6) is 0 Å². The zero-order chi connectivity index (χ0) is 21.5. The lowest BCUT2D eigenvalue weighted by atomic mass is 10.1. The van der Waals surface area contributed by atoms with Gasteiger partial charge < -0.3 is 4.55 Å². The molecular formula is C21H25F3O3S2. The SMILES string of the molecule is CCCCCCCC[s+]1c2ccccc2c2ccccc21.O=S(=O)([O-])C(F)(F)F. The Bertz CT molecular complexity index is 971. The molecular weight excluding hydrogens is 421 g/mol. The molecule has 0 aliphatic heterocycles. The monoisotopic (exact) mass is 446 g/mol. The molecule has 3 nitrogen and oxygen atoms in total. The van der Waals surface area contributed by atoms with Crippen LogP contribution in [-0.4, -0.2) is 18.5 Å². The van der Waals surface area contributed by atoms with Crippen molar-refractivity contribution in [3.05, 3.63) is 48.5 Å². The number of benzene rings is 2. The molecule has 3 rings (SSSR count). The van der Waals surface area contributed by atoms with Crippen LogP contribution in [-0.2, 0) is 15.9 Å². The van der Waals surface area contributed by atoms with Crippen molar-refractivity contribution in [1.82, 2.24) is 0 Å². The highest BCUT2D eigenvalue weighted by Crippen LogP contribution is 2.43. The molecule has 29 heavy (non-hydrogen) atoms. The molecule has 0 saturated heterocycles. The second-order valence-electron chi connectivity index (χ2n) is 6.75. The number of hydrogen-bond acceptors (Lipinski definition) is 3. The van der Waals surface area contributed by atoms with Gasteiger partial charge in [-0.05, 0) is 47.6 Å². The molecule has 0 spiro atoms. The van der Waals surface area contributed by atoms with Gasteiger partial charge in [-0.3, -0.25) is 0 Å². The summed E-state index contributed by atoms with van der Waals surface area (Å²) in [7, 11) is -5.77. The highest BCUT2D eigenvalue weighted by atomic mass is 32.2. The van der Waals surface area contributed by atoms with Crippen LogP contribution in [0.2, 0.25) is 0 Å². The predicted octanol–water partition coefficient (Wildman–Crippen LogP) is 7.15. The number of alkyl halides is 3. The first kappa shape index (κ1) is 23.6. The van der Waals surface area contributed by atoms with Gasteiger partial charge in [0, 0.05) is 10.8 Å². The molecule has 1 heterocycles. The van der Waals surface area contributed by atoms with Gasteiger partial charge in [0.2, 0.25) is 0 Å². The Morgan fingerprint density at radius 2 is 1.24 bits per heavy atom. The third kappa shape index (κ3) is 6.42. The highest BCUT2D eigenvalue weighted by Gasteiger charge is 2.36. The summed E-state index contributed by atoms with van der Waals surface area (Å²) in [5, 5.41) is 2.95. The van der Waals surface area contributed by atoms with Crippen LogP contribution >= 0.6 is 10.5 Å². The minimum absolute atomic E-state index is 0.316. The van der Waals surface area contributed by atoms with Crippen LogP contribution in [0.4, 0.5) is 13.2 Å². The number of unbranched alkanes of at least 4 members (excludes halogenated alkanes) is 5. The number of thiophene rings is 1. The normalized spacial score (nSPS) is 12.2. The van der Waals surface area contributed by atoms with Gasteiger partial charge in [-0.2, -0.15) is 13.2 Å². The van der Waals surface area contributed by atoms with Crippen molar-refractivity contribution in [1.29, 1.82) is 0 Å². The molecule has 0 aliphatic rings. The molecule has 0 radical (unpaired) electrons. The lowest BCUT2D eigenvalue weighted by Crippen LogP contribution is -2.21. The van der Waals surface area contributed by atoms with E-state index in [0.29, 0.717) is 10.5 Å². The van der Waals surface area contributed by atoms with Crippen molar-refractivity contribution in [2.24, 2.45) is 0 Å². The summed E-state index contributed by atoms with van der Waals surface area (Å²) in [5.74, 6) is 1.33. The maximum Gasteiger partial charge on any atom is 0.485 e. The highest BCUT2D eigenvalue weighted by molar-refractivity contribution is 7.86. The van der Waals surface area contributed by atoms with Gasteiger partial charge in [0.05, 0.1) is 0 Å². The standard InChI is InChI=1S/C20H25S.CHF3O3S/c1-2-3-4-5-6-11-16-21-19-14-9-7-12-17(19)18-13-8-10-15-20(18)21;2-1(3,4)8(5,6)7/h7-10,12-15H,2-6,11,16H2,1H3;(H,5,6,7)/q+1;/p-1. The zero-order valence-electron chi connectivity index (χ0n) is 16.2. The third-order valence-corrected chi connectivity index (χ3v) is 7.62. The summed E-state index contributed by atoms with van der Waals surface area (Å²) in [4.78, 5) is 0. The molecule has 0 bridgehead atoms. The molecule has 1 aromatic heterocycles. The topological polar surface area (TPSA) is 57.2 Å². The van der Waals surface area contributed by atoms with Gasteiger partial charge in [0.15, 0.2) is 19.5 Å². The van der Waals surface area contributed by atoms with E-state index in [1.165, 1.54) is 55.1 Å². The van der Waals surface area contributed by atoms with E-state index in [9.17, 15) is 13.2 Å². The van der Waals surface area contributed by atoms with E-state index in [-0.39, 0.29) is 0 Å². The van der Waals surface area contributed by atoms with Gasteiger partial charge in [-0.1, -0.05) is 56.9 Å². The van der Waals surface area contributed by atoms with E-state index < -0.39 is 15.6 Å². The van der Waals surface area contributed by atoms with Crippen molar-refractivity contribution >= 4 is 40.8 Å². The van der Waals surface area contributed by atoms with Crippen LogP contribution in [0.25, 0.3) is 20.2 Å². The Labute approximate surface area is 172 Å². The smallest absolute Gasteiger partial charge is 0.485 e. The number of rotatable bonds is 7. The fourth-order valence-corrected chi connectivity index (χ4v) is 5.72. The number of aryl methyl sites for hydroxylation is 1. The first-order chi connectivity index (χ1) is 13.7. The molecule has 160 valence electrons. The maximum absolute atomic E-state index is 10.7. The Kier molecular flexibility index (Phi) is 8.48. The van der Waals surface area contributed by atoms with Gasteiger partial charge in [-0.25, -0.2) is 8.42 Å². The number of halogens is 3. The summed E-state index contributed by atoms with van der Waals surface area (Å²) in [6, 6.07) is 18.0. The minimum atomic E-state index is -6.09. The van der Waals surface area contributed by atoms with Gasteiger partial charge >= 0.3 is 5.51 Å². The van der Waals surface area contributed by atoms with Crippen LogP contribution in [0.15, 0.2) is 48.5 Å². The Balaban J connectivity index is 0.000000321. The average Bonchev–Trinajstić information content (AvgIpc) is 2.98. The molecule has 0 unspecified atom stereocenters. The molecule has 8 heteroatoms. The summed E-state index contributed by atoms with van der Waals surface area (Å²) in [5.41, 5.74) is -5.65. The fraction of sp³-hybridized carbons (Fsp3) is 0.429. The van der Waals surface area contributed by atoms with Crippen molar-refractivity contribution in [2.45, 2.75) is 56.7 Å². The fourth-order valence-electron chi connectivity index (χ4n) is 3.17. The Morgan fingerprint density at radius 1 is 0.828 bits per heavy atom. The van der Waals surface area contributed by atoms with Crippen LogP contribution in [0, 0.1) is 0 Å². The second-order valence-corrected chi connectivity index (χ2v) is 10.2. The third-order valence-electron chi connectivity index (χ3n) is 4.58. The second kappa shape index (κ2) is 10.4. The van der Waals surface area contributed by atoms with Crippen molar-refractivity contribution in [3.8, 4) is 0 Å². The Hall–Kier alpha value is -1.64. The average molecular weight is 447 g/mol. The zero-order valence-corrected chi connectivity index (χ0v) is 17.9. The summed E-state index contributed by atoms with van der Waals surface area (Å²) >= 11 is 0. The minimum Gasteiger partial charge on any atom is -0.741 e. The van der Waals surface area contributed by atoms with E-state index >= 15 is 0 Å². The molecule has 2 aromatic carbocycles.